The number of hydrogen-bond acceptors (Lipinski definition) is 5. The number of nitrogens with zero attached hydrogens (tertiary/aromatic N) is 1. The minimum atomic E-state index is -3.12. The van der Waals surface area contributed by atoms with E-state index in [9.17, 15) is 27.3 Å². The van der Waals surface area contributed by atoms with Gasteiger partial charge >= 0.3 is 5.69 Å². The highest BCUT2D eigenvalue weighted by Crippen LogP contribution is 2.25. The Labute approximate surface area is 120 Å². The Hall–Kier alpha value is -1.61. The second-order valence-electron chi connectivity index (χ2n) is 5.41. The molecule has 1 N–H and O–H groups in total. The largest absolute Gasteiger partial charge is 0.306 e. The summed E-state index contributed by atoms with van der Waals surface area (Å²) in [7, 11) is -3.12. The Kier molecular flexibility index (Phi) is 3.98. The molecule has 9 heteroatoms. The summed E-state index contributed by atoms with van der Waals surface area (Å²) in [5.74, 6) is -2.18. The summed E-state index contributed by atoms with van der Waals surface area (Å²) in [6, 6.07) is 1.29. The van der Waals surface area contributed by atoms with Crippen molar-refractivity contribution in [1.29, 1.82) is 0 Å². The molecular formula is C12H14F2N2O4S. The number of halogens is 2. The van der Waals surface area contributed by atoms with Gasteiger partial charge in [-0.25, -0.2) is 12.8 Å². The molecule has 0 amide bonds. The molecule has 1 fully saturated rings. The molecule has 1 atom stereocenters. The molecule has 1 aliphatic heterocycles. The van der Waals surface area contributed by atoms with Gasteiger partial charge in [0.15, 0.2) is 9.84 Å². The van der Waals surface area contributed by atoms with Crippen molar-refractivity contribution in [3.05, 3.63) is 39.4 Å². The fraction of sp³-hybridized carbons (Fsp3) is 0.500. The van der Waals surface area contributed by atoms with E-state index in [-0.39, 0.29) is 23.6 Å². The van der Waals surface area contributed by atoms with E-state index in [2.05, 4.69) is 5.32 Å². The van der Waals surface area contributed by atoms with Gasteiger partial charge in [-0.15, -0.1) is 0 Å². The quantitative estimate of drug-likeness (QED) is 0.671. The maximum Gasteiger partial charge on any atom is 0.305 e. The lowest BCUT2D eigenvalue weighted by Gasteiger charge is -2.24. The van der Waals surface area contributed by atoms with Gasteiger partial charge < -0.3 is 5.32 Å². The monoisotopic (exact) mass is 320 g/mol. The minimum Gasteiger partial charge on any atom is -0.306 e. The van der Waals surface area contributed by atoms with E-state index >= 15 is 0 Å². The fourth-order valence-corrected chi connectivity index (χ4v) is 4.44. The van der Waals surface area contributed by atoms with Gasteiger partial charge in [-0.2, -0.15) is 4.39 Å². The number of nitrogens with one attached hydrogen (secondary N) is 1. The van der Waals surface area contributed by atoms with Crippen molar-refractivity contribution in [2.45, 2.75) is 25.4 Å². The third kappa shape index (κ3) is 3.53. The molecule has 21 heavy (non-hydrogen) atoms. The normalized spacial score (nSPS) is 24.1. The average Bonchev–Trinajstić information content (AvgIpc) is 2.62. The number of benzene rings is 1. The van der Waals surface area contributed by atoms with Crippen LogP contribution >= 0.6 is 0 Å². The zero-order chi connectivity index (χ0) is 15.8. The van der Waals surface area contributed by atoms with Gasteiger partial charge in [0, 0.05) is 29.8 Å². The van der Waals surface area contributed by atoms with E-state index < -0.39 is 37.6 Å². The summed E-state index contributed by atoms with van der Waals surface area (Å²) < 4.78 is 49.8. The predicted octanol–water partition coefficient (Wildman–Crippen LogP) is 1.54. The summed E-state index contributed by atoms with van der Waals surface area (Å²) in [6.07, 6.45) is 0.375. The molecule has 0 radical (unpaired) electrons. The van der Waals surface area contributed by atoms with Crippen molar-refractivity contribution in [3.8, 4) is 0 Å². The first-order chi connectivity index (χ1) is 9.62. The molecule has 0 aliphatic carbocycles. The van der Waals surface area contributed by atoms with Crippen LogP contribution in [0.3, 0.4) is 0 Å². The minimum absolute atomic E-state index is 0.0442. The number of sulfone groups is 1. The van der Waals surface area contributed by atoms with Crippen LogP contribution in [0.5, 0.6) is 0 Å². The Morgan fingerprint density at radius 1 is 1.38 bits per heavy atom. The number of rotatable bonds is 4. The van der Waals surface area contributed by atoms with Crippen LogP contribution in [0, 0.1) is 21.7 Å². The SMILES string of the molecule is CC1(NCc2cc([N+](=O)[O-])c(F)cc2F)CCS(=O)(=O)C1. The van der Waals surface area contributed by atoms with E-state index in [1.807, 2.05) is 0 Å². The molecule has 6 nitrogen and oxygen atoms in total. The van der Waals surface area contributed by atoms with Crippen molar-refractivity contribution in [1.82, 2.24) is 5.32 Å². The van der Waals surface area contributed by atoms with Crippen LogP contribution in [0.2, 0.25) is 0 Å². The molecule has 0 bridgehead atoms. The number of nitro benzene ring substituents is 1. The highest BCUT2D eigenvalue weighted by molar-refractivity contribution is 7.91. The second-order valence-corrected chi connectivity index (χ2v) is 7.59. The Balaban J connectivity index is 2.17. The molecule has 1 heterocycles. The third-order valence-electron chi connectivity index (χ3n) is 3.52. The summed E-state index contributed by atoms with van der Waals surface area (Å²) in [5.41, 5.74) is -1.60. The van der Waals surface area contributed by atoms with Crippen molar-refractivity contribution in [2.24, 2.45) is 0 Å². The van der Waals surface area contributed by atoms with Crippen LogP contribution in [0.25, 0.3) is 0 Å². The molecule has 116 valence electrons. The molecule has 0 aromatic heterocycles. The van der Waals surface area contributed by atoms with E-state index in [0.717, 1.165) is 6.07 Å². The van der Waals surface area contributed by atoms with Crippen LogP contribution in [0.4, 0.5) is 14.5 Å². The topological polar surface area (TPSA) is 89.3 Å². The zero-order valence-corrected chi connectivity index (χ0v) is 12.0. The van der Waals surface area contributed by atoms with Crippen LogP contribution in [-0.4, -0.2) is 30.4 Å². The molecule has 1 aromatic rings. The summed E-state index contributed by atoms with van der Waals surface area (Å²) in [4.78, 5) is 9.71. The first-order valence-electron chi connectivity index (χ1n) is 6.20. The maximum atomic E-state index is 13.6. The maximum absolute atomic E-state index is 13.6. The number of hydrogen-bond donors (Lipinski definition) is 1. The van der Waals surface area contributed by atoms with Gasteiger partial charge in [0.25, 0.3) is 0 Å². The fourth-order valence-electron chi connectivity index (χ4n) is 2.31. The molecule has 1 unspecified atom stereocenters. The number of nitro groups is 1. The van der Waals surface area contributed by atoms with Gasteiger partial charge in [-0.3, -0.25) is 10.1 Å². The molecule has 2 rings (SSSR count). The molecule has 1 aromatic carbocycles. The highest BCUT2D eigenvalue weighted by Gasteiger charge is 2.38. The van der Waals surface area contributed by atoms with E-state index in [1.54, 1.807) is 6.92 Å². The standard InChI is InChI=1S/C12H14F2N2O4S/c1-12(2-3-21(19,20)7-12)15-6-8-4-11(16(17)18)10(14)5-9(8)13/h4-5,15H,2-3,6-7H2,1H3. The van der Waals surface area contributed by atoms with Crippen molar-refractivity contribution in [2.75, 3.05) is 11.5 Å². The first-order valence-corrected chi connectivity index (χ1v) is 8.02. The van der Waals surface area contributed by atoms with E-state index in [4.69, 9.17) is 0 Å². The average molecular weight is 320 g/mol. The molecular weight excluding hydrogens is 306 g/mol. The molecule has 0 saturated carbocycles. The molecule has 1 saturated heterocycles. The van der Waals surface area contributed by atoms with Crippen LogP contribution in [0.1, 0.15) is 18.9 Å². The lowest BCUT2D eigenvalue weighted by molar-refractivity contribution is -0.387. The Morgan fingerprint density at radius 2 is 2.05 bits per heavy atom. The lowest BCUT2D eigenvalue weighted by atomic mass is 10.0. The van der Waals surface area contributed by atoms with Gasteiger partial charge in [0.2, 0.25) is 5.82 Å². The zero-order valence-electron chi connectivity index (χ0n) is 11.2. The summed E-state index contributed by atoms with van der Waals surface area (Å²) >= 11 is 0. The highest BCUT2D eigenvalue weighted by atomic mass is 32.2. The van der Waals surface area contributed by atoms with Crippen molar-refractivity contribution < 1.29 is 22.1 Å². The van der Waals surface area contributed by atoms with Crippen LogP contribution in [0.15, 0.2) is 12.1 Å². The predicted molar refractivity (Wildman–Crippen MR) is 71.5 cm³/mol. The third-order valence-corrected chi connectivity index (χ3v) is 5.42. The van der Waals surface area contributed by atoms with E-state index in [1.165, 1.54) is 0 Å². The van der Waals surface area contributed by atoms with Gasteiger partial charge in [0.1, 0.15) is 5.82 Å². The van der Waals surface area contributed by atoms with Gasteiger partial charge in [-0.05, 0) is 13.3 Å². The smallest absolute Gasteiger partial charge is 0.305 e. The second kappa shape index (κ2) is 5.30. The van der Waals surface area contributed by atoms with Crippen LogP contribution < -0.4 is 5.32 Å². The first kappa shape index (κ1) is 15.8. The Bertz CT molecular complexity index is 693. The van der Waals surface area contributed by atoms with Gasteiger partial charge in [0.05, 0.1) is 16.4 Å². The molecule has 1 aliphatic rings. The van der Waals surface area contributed by atoms with Crippen molar-refractivity contribution >= 4 is 15.5 Å². The van der Waals surface area contributed by atoms with Crippen LogP contribution in [-0.2, 0) is 16.4 Å². The van der Waals surface area contributed by atoms with Gasteiger partial charge in [-0.1, -0.05) is 0 Å². The lowest BCUT2D eigenvalue weighted by Crippen LogP contribution is -2.43. The van der Waals surface area contributed by atoms with Crippen molar-refractivity contribution in [3.63, 3.8) is 0 Å². The summed E-state index contributed by atoms with van der Waals surface area (Å²) in [5, 5.41) is 13.5. The molecule has 0 spiro atoms. The van der Waals surface area contributed by atoms with E-state index in [0.29, 0.717) is 12.5 Å². The summed E-state index contributed by atoms with van der Waals surface area (Å²) in [6.45, 7) is 1.58. The Morgan fingerprint density at radius 3 is 2.57 bits per heavy atom.